The van der Waals surface area contributed by atoms with Crippen molar-refractivity contribution in [3.8, 4) is 5.75 Å². The van der Waals surface area contributed by atoms with Gasteiger partial charge in [-0.3, -0.25) is 0 Å². The molecule has 47 heavy (non-hydrogen) atoms. The fraction of sp³-hybridized carbons (Fsp3) is 0.543. The van der Waals surface area contributed by atoms with Crippen LogP contribution in [0.15, 0.2) is 41.9 Å². The molecule has 3 aromatic rings. The Hall–Kier alpha value is -3.48. The second-order valence-electron chi connectivity index (χ2n) is 14.0. The van der Waals surface area contributed by atoms with Gasteiger partial charge in [0.2, 0.25) is 5.95 Å². The molecule has 5 rings (SSSR count). The van der Waals surface area contributed by atoms with Crippen LogP contribution in [0.3, 0.4) is 0 Å². The largest absolute Gasteiger partial charge is 0.492 e. The number of nitrogens with one attached hydrogen (secondary N) is 1. The van der Waals surface area contributed by atoms with Crippen molar-refractivity contribution in [2.24, 2.45) is 0 Å². The maximum atomic E-state index is 16.4. The molecule has 0 saturated carbocycles. The van der Waals surface area contributed by atoms with Gasteiger partial charge in [-0.05, 0) is 109 Å². The molecule has 1 unspecified atom stereocenters. The van der Waals surface area contributed by atoms with Crippen molar-refractivity contribution in [1.29, 1.82) is 0 Å². The third-order valence-corrected chi connectivity index (χ3v) is 8.87. The number of carbonyl (C=O) groups excluding carboxylic acids is 1. The van der Waals surface area contributed by atoms with E-state index in [4.69, 9.17) is 23.5 Å². The number of halogens is 2. The number of rotatable bonds is 9. The van der Waals surface area contributed by atoms with Crippen molar-refractivity contribution in [2.45, 2.75) is 104 Å². The highest BCUT2D eigenvalue weighted by Crippen LogP contribution is 2.43. The summed E-state index contributed by atoms with van der Waals surface area (Å²) in [6, 6.07) is 10.1. The van der Waals surface area contributed by atoms with E-state index in [0.29, 0.717) is 41.9 Å². The first-order valence-corrected chi connectivity index (χ1v) is 16.4. The van der Waals surface area contributed by atoms with Crippen molar-refractivity contribution in [3.05, 3.63) is 64.8 Å². The van der Waals surface area contributed by atoms with E-state index in [0.717, 1.165) is 18.3 Å². The number of alkyl carbamates (subject to hydrolysis) is 1. The summed E-state index contributed by atoms with van der Waals surface area (Å²) < 4.78 is 63.1. The van der Waals surface area contributed by atoms with Gasteiger partial charge in [0.25, 0.3) is 0 Å². The molecule has 1 N–H and O–H groups in total. The Morgan fingerprint density at radius 1 is 1.09 bits per heavy atom. The average Bonchev–Trinajstić information content (AvgIpc) is 3.43. The molecule has 12 heteroatoms. The number of allylic oxidation sites excluding steroid dienone is 1. The van der Waals surface area contributed by atoms with Gasteiger partial charge in [-0.1, -0.05) is 19.1 Å². The van der Waals surface area contributed by atoms with Crippen molar-refractivity contribution in [2.75, 3.05) is 19.8 Å². The fourth-order valence-corrected chi connectivity index (χ4v) is 5.76. The standard InChI is InChI=1S/C35H46BF2N3O6/c1-9-26(36-46-34(5,6)35(7,8)47-36)30(22-13-15-23(16-14-22)43-19-17-39-32(42)45-33(2,3)4)24-20-25-28(21-27(24)37)41(40-31(25)38)29-12-10-11-18-44-29/h13-16,20-21,29H,9-12,17-19H2,1-8H3,(H,39,42)/b30-26+. The molecule has 0 radical (unpaired) electrons. The van der Waals surface area contributed by atoms with E-state index in [9.17, 15) is 4.79 Å². The van der Waals surface area contributed by atoms with E-state index in [1.807, 2.05) is 46.8 Å². The maximum absolute atomic E-state index is 16.4. The van der Waals surface area contributed by atoms with E-state index >= 15 is 8.78 Å². The van der Waals surface area contributed by atoms with Crippen LogP contribution in [-0.4, -0.2) is 59.6 Å². The molecule has 3 heterocycles. The summed E-state index contributed by atoms with van der Waals surface area (Å²) in [5.41, 5.74) is 0.662. The average molecular weight is 654 g/mol. The first kappa shape index (κ1) is 34.8. The monoisotopic (exact) mass is 653 g/mol. The molecular formula is C35H46BF2N3O6. The van der Waals surface area contributed by atoms with Gasteiger partial charge in [0.1, 0.15) is 23.8 Å². The van der Waals surface area contributed by atoms with Gasteiger partial charge < -0.3 is 28.8 Å². The Bertz CT molecular complexity index is 1610. The quantitative estimate of drug-likeness (QED) is 0.186. The number of ether oxygens (including phenoxy) is 3. The van der Waals surface area contributed by atoms with Crippen LogP contribution in [-0.2, 0) is 18.8 Å². The van der Waals surface area contributed by atoms with Gasteiger partial charge in [-0.15, -0.1) is 5.10 Å². The highest BCUT2D eigenvalue weighted by atomic mass is 19.1. The zero-order valence-corrected chi connectivity index (χ0v) is 28.7. The van der Waals surface area contributed by atoms with Gasteiger partial charge in [0, 0.05) is 18.2 Å². The van der Waals surface area contributed by atoms with Gasteiger partial charge in [-0.2, -0.15) is 4.39 Å². The maximum Gasteiger partial charge on any atom is 0.491 e. The predicted molar refractivity (Wildman–Crippen MR) is 177 cm³/mol. The van der Waals surface area contributed by atoms with Crippen LogP contribution in [0.25, 0.3) is 16.5 Å². The smallest absolute Gasteiger partial charge is 0.491 e. The molecule has 2 aromatic carbocycles. The van der Waals surface area contributed by atoms with Gasteiger partial charge in [0.15, 0.2) is 6.23 Å². The zero-order chi connectivity index (χ0) is 34.1. The van der Waals surface area contributed by atoms with E-state index in [-0.39, 0.29) is 24.1 Å². The van der Waals surface area contributed by atoms with Crippen molar-refractivity contribution in [3.63, 3.8) is 0 Å². The molecule has 1 aromatic heterocycles. The lowest BCUT2D eigenvalue weighted by Gasteiger charge is -2.32. The SMILES string of the molecule is CC/C(B1OC(C)(C)C(C)(C)O1)=C(/c1ccc(OCCNC(=O)OC(C)(C)C)cc1)c1cc2c(F)nn(C3CCCCO3)c2cc1F. The van der Waals surface area contributed by atoms with Gasteiger partial charge >= 0.3 is 13.2 Å². The van der Waals surface area contributed by atoms with Crippen LogP contribution < -0.4 is 10.1 Å². The summed E-state index contributed by atoms with van der Waals surface area (Å²) in [6.45, 7) is 16.2. The Morgan fingerprint density at radius 2 is 1.77 bits per heavy atom. The second kappa shape index (κ2) is 13.6. The summed E-state index contributed by atoms with van der Waals surface area (Å²) in [5.74, 6) is -0.656. The molecule has 1 atom stereocenters. The Kier molecular flexibility index (Phi) is 10.1. The predicted octanol–water partition coefficient (Wildman–Crippen LogP) is 7.76. The third kappa shape index (κ3) is 7.65. The molecule has 0 bridgehead atoms. The topological polar surface area (TPSA) is 93.1 Å². The molecule has 9 nitrogen and oxygen atoms in total. The molecule has 2 saturated heterocycles. The molecule has 2 aliphatic heterocycles. The van der Waals surface area contributed by atoms with E-state index in [1.165, 1.54) is 16.8 Å². The second-order valence-corrected chi connectivity index (χ2v) is 14.0. The Morgan fingerprint density at radius 3 is 2.36 bits per heavy atom. The molecular weight excluding hydrogens is 607 g/mol. The third-order valence-electron chi connectivity index (χ3n) is 8.87. The normalized spacial score (nSPS) is 19.9. The summed E-state index contributed by atoms with van der Waals surface area (Å²) in [4.78, 5) is 11.9. The minimum Gasteiger partial charge on any atom is -0.492 e. The Balaban J connectivity index is 1.50. The first-order chi connectivity index (χ1) is 22.1. The van der Waals surface area contributed by atoms with Crippen LogP contribution in [0.2, 0.25) is 0 Å². The lowest BCUT2D eigenvalue weighted by atomic mass is 9.70. The molecule has 0 aliphatic carbocycles. The Labute approximate surface area is 276 Å². The van der Waals surface area contributed by atoms with E-state index in [2.05, 4.69) is 10.4 Å². The summed E-state index contributed by atoms with van der Waals surface area (Å²) in [7, 11) is -0.756. The highest BCUT2D eigenvalue weighted by molar-refractivity contribution is 6.56. The number of benzene rings is 2. The van der Waals surface area contributed by atoms with Crippen LogP contribution >= 0.6 is 0 Å². The number of hydrogen-bond acceptors (Lipinski definition) is 7. The number of carbonyl (C=O) groups is 1. The van der Waals surface area contributed by atoms with Crippen molar-refractivity contribution in [1.82, 2.24) is 15.1 Å². The molecule has 2 aliphatic rings. The molecule has 0 spiro atoms. The summed E-state index contributed by atoms with van der Waals surface area (Å²) >= 11 is 0. The van der Waals surface area contributed by atoms with Gasteiger partial charge in [0.05, 0.1) is 28.6 Å². The van der Waals surface area contributed by atoms with Crippen LogP contribution in [0.5, 0.6) is 5.75 Å². The zero-order valence-electron chi connectivity index (χ0n) is 28.7. The van der Waals surface area contributed by atoms with Crippen LogP contribution in [0, 0.1) is 11.8 Å². The van der Waals surface area contributed by atoms with Crippen molar-refractivity contribution < 1.29 is 37.1 Å². The highest BCUT2D eigenvalue weighted by Gasteiger charge is 2.52. The van der Waals surface area contributed by atoms with Crippen molar-refractivity contribution >= 4 is 29.7 Å². The summed E-state index contributed by atoms with van der Waals surface area (Å²) in [5, 5.41) is 7.00. The van der Waals surface area contributed by atoms with Crippen LogP contribution in [0.4, 0.5) is 13.6 Å². The number of aromatic nitrogens is 2. The lowest BCUT2D eigenvalue weighted by Crippen LogP contribution is -2.41. The first-order valence-electron chi connectivity index (χ1n) is 16.4. The number of fused-ring (bicyclic) bond motifs is 1. The van der Waals surface area contributed by atoms with Crippen LogP contribution in [0.1, 0.15) is 98.4 Å². The molecule has 2 fully saturated rings. The molecule has 254 valence electrons. The number of amides is 1. The summed E-state index contributed by atoms with van der Waals surface area (Å²) in [6.07, 6.45) is 2.05. The lowest BCUT2D eigenvalue weighted by molar-refractivity contribution is -0.0375. The minimum absolute atomic E-state index is 0.204. The molecule has 1 amide bonds. The fourth-order valence-electron chi connectivity index (χ4n) is 5.76. The van der Waals surface area contributed by atoms with E-state index < -0.39 is 48.0 Å². The van der Waals surface area contributed by atoms with E-state index in [1.54, 1.807) is 32.9 Å². The number of nitrogens with zero attached hydrogens (tertiary/aromatic N) is 2. The van der Waals surface area contributed by atoms with Gasteiger partial charge in [-0.25, -0.2) is 13.9 Å². The minimum atomic E-state index is -0.756. The number of hydrogen-bond donors (Lipinski definition) is 1.